The van der Waals surface area contributed by atoms with Gasteiger partial charge in [0.2, 0.25) is 17.7 Å². The maximum Gasteiger partial charge on any atom is 0.328 e. The average Bonchev–Trinajstić information content (AvgIpc) is 3.86. The van der Waals surface area contributed by atoms with Crippen molar-refractivity contribution in [3.8, 4) is 5.75 Å². The van der Waals surface area contributed by atoms with E-state index in [2.05, 4.69) is 16.0 Å². The topological polar surface area (TPSA) is 156 Å². The molecule has 2 aliphatic heterocycles. The van der Waals surface area contributed by atoms with Crippen molar-refractivity contribution in [3.63, 3.8) is 0 Å². The molecule has 12 heteroatoms. The van der Waals surface area contributed by atoms with E-state index in [1.165, 1.54) is 13.2 Å². The van der Waals surface area contributed by atoms with Crippen molar-refractivity contribution in [2.75, 3.05) is 13.7 Å². The Hall–Kier alpha value is -3.93. The summed E-state index contributed by atoms with van der Waals surface area (Å²) in [5, 5.41) is 18.2. The number of hydrogen-bond donors (Lipinski definition) is 4. The number of epoxide rings is 1. The second-order valence-electron chi connectivity index (χ2n) is 13.9. The number of hydrogen-bond acceptors (Lipinski definition) is 8. The van der Waals surface area contributed by atoms with E-state index in [0.717, 1.165) is 11.1 Å². The van der Waals surface area contributed by atoms with Gasteiger partial charge >= 0.3 is 5.97 Å². The summed E-state index contributed by atoms with van der Waals surface area (Å²) >= 11 is 6.33. The Labute approximate surface area is 293 Å². The van der Waals surface area contributed by atoms with Gasteiger partial charge in [-0.25, -0.2) is 4.79 Å². The Morgan fingerprint density at radius 3 is 2.33 bits per heavy atom. The van der Waals surface area contributed by atoms with E-state index >= 15 is 0 Å². The van der Waals surface area contributed by atoms with Crippen LogP contribution in [0.1, 0.15) is 70.3 Å². The zero-order chi connectivity index (χ0) is 35.9. The monoisotopic (exact) mass is 697 g/mol. The van der Waals surface area contributed by atoms with Crippen LogP contribution in [0, 0.1) is 17.3 Å². The summed E-state index contributed by atoms with van der Waals surface area (Å²) in [6, 6.07) is 10.7. The van der Waals surface area contributed by atoms with Crippen LogP contribution < -0.4 is 20.7 Å². The number of methoxy groups -OCH3 is 1. The SMILES string of the molecule is COc1ccc(C[C@H]2NC(=O)/C=C/C[C@@H]([C@H](C)[C@H]3O[C@@H]3c3ccc(CO)cc3)OC(=O)[C@H](CC(C)C)NC(=O)C(C)(C)CNC2=O)cc1Cl. The van der Waals surface area contributed by atoms with Gasteiger partial charge < -0.3 is 35.3 Å². The van der Waals surface area contributed by atoms with Crippen LogP contribution in [-0.2, 0) is 41.7 Å². The first-order valence-electron chi connectivity index (χ1n) is 16.7. The van der Waals surface area contributed by atoms with Crippen molar-refractivity contribution < 1.29 is 38.5 Å². The molecule has 2 heterocycles. The third-order valence-corrected chi connectivity index (χ3v) is 9.23. The van der Waals surface area contributed by atoms with E-state index in [1.54, 1.807) is 38.1 Å². The molecule has 11 nitrogen and oxygen atoms in total. The maximum absolute atomic E-state index is 13.7. The first kappa shape index (κ1) is 37.9. The molecule has 0 aliphatic carbocycles. The first-order valence-corrected chi connectivity index (χ1v) is 17.0. The molecule has 0 saturated carbocycles. The lowest BCUT2D eigenvalue weighted by Gasteiger charge is -2.30. The molecule has 0 spiro atoms. The van der Waals surface area contributed by atoms with Crippen molar-refractivity contribution >= 4 is 35.3 Å². The molecule has 6 atom stereocenters. The maximum atomic E-state index is 13.7. The number of rotatable bonds is 9. The van der Waals surface area contributed by atoms with Gasteiger partial charge in [-0.3, -0.25) is 14.4 Å². The van der Waals surface area contributed by atoms with Crippen LogP contribution in [0.15, 0.2) is 54.6 Å². The molecule has 4 rings (SSSR count). The van der Waals surface area contributed by atoms with Crippen molar-refractivity contribution in [3.05, 3.63) is 76.3 Å². The Morgan fingerprint density at radius 2 is 1.69 bits per heavy atom. The molecular formula is C37H48ClN3O8. The molecule has 0 bridgehead atoms. The van der Waals surface area contributed by atoms with Crippen molar-refractivity contribution in [2.24, 2.45) is 17.3 Å². The zero-order valence-corrected chi connectivity index (χ0v) is 29.7. The number of cyclic esters (lactones) is 1. The number of nitrogens with one attached hydrogen (secondary N) is 3. The Balaban J connectivity index is 1.60. The Kier molecular flexibility index (Phi) is 12.9. The average molecular weight is 698 g/mol. The van der Waals surface area contributed by atoms with Gasteiger partial charge in [0.05, 0.1) is 30.3 Å². The van der Waals surface area contributed by atoms with Crippen LogP contribution in [0.2, 0.25) is 5.02 Å². The minimum Gasteiger partial charge on any atom is -0.495 e. The largest absolute Gasteiger partial charge is 0.495 e. The van der Waals surface area contributed by atoms with E-state index in [4.69, 9.17) is 25.8 Å². The lowest BCUT2D eigenvalue weighted by molar-refractivity contribution is -0.157. The lowest BCUT2D eigenvalue weighted by atomic mass is 9.90. The lowest BCUT2D eigenvalue weighted by Crippen LogP contribution is -2.54. The molecule has 1 saturated heterocycles. The van der Waals surface area contributed by atoms with Gasteiger partial charge in [-0.15, -0.1) is 0 Å². The van der Waals surface area contributed by atoms with Crippen molar-refractivity contribution in [1.82, 2.24) is 16.0 Å². The van der Waals surface area contributed by atoms with E-state index in [1.807, 2.05) is 45.0 Å². The summed E-state index contributed by atoms with van der Waals surface area (Å²) in [7, 11) is 1.51. The Morgan fingerprint density at radius 1 is 1.00 bits per heavy atom. The highest BCUT2D eigenvalue weighted by atomic mass is 35.5. The summed E-state index contributed by atoms with van der Waals surface area (Å²) in [6.07, 6.45) is 2.46. The minimum atomic E-state index is -1.10. The molecule has 2 aromatic rings. The van der Waals surface area contributed by atoms with Crippen molar-refractivity contribution in [2.45, 2.75) is 90.9 Å². The predicted molar refractivity (Wildman–Crippen MR) is 185 cm³/mol. The van der Waals surface area contributed by atoms with Crippen LogP contribution in [-0.4, -0.2) is 66.7 Å². The highest BCUT2D eigenvalue weighted by Gasteiger charge is 2.47. The van der Waals surface area contributed by atoms with Gasteiger partial charge in [0.1, 0.15) is 30.0 Å². The third kappa shape index (κ3) is 10.3. The van der Waals surface area contributed by atoms with Gasteiger partial charge in [0.25, 0.3) is 0 Å². The fourth-order valence-corrected chi connectivity index (χ4v) is 6.06. The summed E-state index contributed by atoms with van der Waals surface area (Å²) in [6.45, 7) is 9.06. The van der Waals surface area contributed by atoms with E-state index in [0.29, 0.717) is 22.8 Å². The van der Waals surface area contributed by atoms with Gasteiger partial charge in [-0.05, 0) is 61.1 Å². The molecule has 2 aliphatic rings. The van der Waals surface area contributed by atoms with Crippen molar-refractivity contribution in [1.29, 1.82) is 0 Å². The molecule has 1 fully saturated rings. The van der Waals surface area contributed by atoms with Gasteiger partial charge in [-0.2, -0.15) is 0 Å². The molecule has 2 aromatic carbocycles. The number of aliphatic hydroxyl groups excluding tert-OH is 1. The second-order valence-corrected chi connectivity index (χ2v) is 14.3. The number of amides is 3. The zero-order valence-electron chi connectivity index (χ0n) is 29.0. The molecular weight excluding hydrogens is 650 g/mol. The number of ether oxygens (including phenoxy) is 3. The number of aliphatic hydroxyl groups is 1. The quantitative estimate of drug-likeness (QED) is 0.225. The summed E-state index contributed by atoms with van der Waals surface area (Å²) < 4.78 is 17.4. The molecule has 4 N–H and O–H groups in total. The second kappa shape index (κ2) is 16.7. The highest BCUT2D eigenvalue weighted by molar-refractivity contribution is 6.32. The third-order valence-electron chi connectivity index (χ3n) is 8.93. The number of carbonyl (C=O) groups is 4. The minimum absolute atomic E-state index is 0.0496. The number of esters is 1. The smallest absolute Gasteiger partial charge is 0.328 e. The molecule has 3 amide bonds. The molecule has 266 valence electrons. The normalized spacial score (nSPS) is 26.2. The van der Waals surface area contributed by atoms with E-state index in [9.17, 15) is 24.3 Å². The van der Waals surface area contributed by atoms with Gasteiger partial charge in [0, 0.05) is 25.3 Å². The first-order chi connectivity index (χ1) is 23.2. The highest BCUT2D eigenvalue weighted by Crippen LogP contribution is 2.45. The van der Waals surface area contributed by atoms with Crippen LogP contribution in [0.25, 0.3) is 0 Å². The van der Waals surface area contributed by atoms with Crippen LogP contribution in [0.4, 0.5) is 0 Å². The molecule has 49 heavy (non-hydrogen) atoms. The van der Waals surface area contributed by atoms with Crippen LogP contribution >= 0.6 is 11.6 Å². The predicted octanol–water partition coefficient (Wildman–Crippen LogP) is 4.19. The number of carbonyl (C=O) groups excluding carboxylic acids is 4. The summed E-state index contributed by atoms with van der Waals surface area (Å²) in [4.78, 5) is 53.9. The fourth-order valence-electron chi connectivity index (χ4n) is 5.78. The standard InChI is InChI=1S/C37H48ClN3O8/c1-21(2)16-28-35(45)48-29(22(3)32-33(49-32)25-13-10-23(19-42)11-14-25)8-7-9-31(43)40-27(18-24-12-15-30(47-6)26(38)17-24)34(44)39-20-37(4,5)36(46)41-28/h7,9-15,17,21-22,27-29,32-33,42H,8,16,18-20H2,1-6H3,(H,39,44)(H,40,43)(H,41,46)/b9-7+/t22-,27+,28-,29-,32+,33+/m0/s1. The van der Waals surface area contributed by atoms with Crippen LogP contribution in [0.5, 0.6) is 5.75 Å². The van der Waals surface area contributed by atoms with E-state index < -0.39 is 47.3 Å². The molecule has 0 unspecified atom stereocenters. The molecule has 0 radical (unpaired) electrons. The fraction of sp³-hybridized carbons (Fsp3) is 0.514. The summed E-state index contributed by atoms with van der Waals surface area (Å²) in [5.74, 6) is -1.72. The van der Waals surface area contributed by atoms with E-state index in [-0.39, 0.29) is 50.0 Å². The Bertz CT molecular complexity index is 1530. The number of benzene rings is 2. The number of halogens is 1. The van der Waals surface area contributed by atoms with Gasteiger partial charge in [0.15, 0.2) is 0 Å². The molecule has 0 aromatic heterocycles. The van der Waals surface area contributed by atoms with Gasteiger partial charge in [-0.1, -0.05) is 68.8 Å². The summed E-state index contributed by atoms with van der Waals surface area (Å²) in [5.41, 5.74) is 1.33. The van der Waals surface area contributed by atoms with Crippen LogP contribution in [0.3, 0.4) is 0 Å².